The molecule has 0 bridgehead atoms. The van der Waals surface area contributed by atoms with Gasteiger partial charge in [0.25, 0.3) is 0 Å². The van der Waals surface area contributed by atoms with Crippen molar-refractivity contribution in [1.82, 2.24) is 5.32 Å². The molecule has 18 heavy (non-hydrogen) atoms. The number of benzene rings is 2. The van der Waals surface area contributed by atoms with E-state index >= 15 is 0 Å². The van der Waals surface area contributed by atoms with E-state index in [-0.39, 0.29) is 11.9 Å². The maximum atomic E-state index is 7.71. The number of fused-ring (bicyclic) bond motifs is 1. The number of nitrogens with one attached hydrogen (secondary N) is 3. The zero-order valence-electron chi connectivity index (χ0n) is 9.64. The topological polar surface area (TPSA) is 115 Å². The summed E-state index contributed by atoms with van der Waals surface area (Å²) in [5.74, 6) is 5.37. The monoisotopic (exact) mass is 242 g/mol. The second kappa shape index (κ2) is 4.72. The lowest BCUT2D eigenvalue weighted by molar-refractivity contribution is 1.05. The van der Waals surface area contributed by atoms with Crippen molar-refractivity contribution in [3.05, 3.63) is 42.5 Å². The van der Waals surface area contributed by atoms with Gasteiger partial charge in [0.15, 0.2) is 5.96 Å². The summed E-state index contributed by atoms with van der Waals surface area (Å²) in [6, 6.07) is 13.4. The zero-order chi connectivity index (χ0) is 13.1. The van der Waals surface area contributed by atoms with Crippen LogP contribution in [0.4, 0.5) is 5.69 Å². The van der Waals surface area contributed by atoms with Gasteiger partial charge in [-0.3, -0.25) is 16.1 Å². The molecule has 2 aromatic rings. The van der Waals surface area contributed by atoms with Crippen molar-refractivity contribution in [3.63, 3.8) is 0 Å². The first-order valence-corrected chi connectivity index (χ1v) is 5.32. The summed E-state index contributed by atoms with van der Waals surface area (Å²) in [4.78, 5) is 0. The van der Waals surface area contributed by atoms with Crippen LogP contribution in [-0.2, 0) is 0 Å². The van der Waals surface area contributed by atoms with Gasteiger partial charge in [0, 0.05) is 5.39 Å². The molecular formula is C12H14N6. The van der Waals surface area contributed by atoms with Crippen molar-refractivity contribution in [2.45, 2.75) is 0 Å². The third kappa shape index (κ3) is 2.23. The van der Waals surface area contributed by atoms with Crippen LogP contribution in [0.25, 0.3) is 10.8 Å². The highest BCUT2D eigenvalue weighted by atomic mass is 15.5. The molecule has 0 saturated carbocycles. The largest absolute Gasteiger partial charge is 0.370 e. The first-order chi connectivity index (χ1) is 8.59. The van der Waals surface area contributed by atoms with E-state index in [2.05, 4.69) is 5.32 Å². The number of nitrogens with two attached hydrogens (primary N) is 2. The summed E-state index contributed by atoms with van der Waals surface area (Å²) in [5, 5.41) is 20.3. The highest BCUT2D eigenvalue weighted by Gasteiger charge is 2.11. The van der Waals surface area contributed by atoms with E-state index in [0.29, 0.717) is 5.69 Å². The van der Waals surface area contributed by atoms with Gasteiger partial charge in [-0.05, 0) is 11.5 Å². The minimum atomic E-state index is -0.323. The standard InChI is InChI=1S/C12H14N6/c13-11(14)17-12(15)18(16)10-7-3-5-8-4-1-2-6-9(8)10/h1-7H,16H2,(H5,13,14,15,17). The van der Waals surface area contributed by atoms with Crippen molar-refractivity contribution >= 4 is 28.4 Å². The molecule has 0 amide bonds. The molecule has 0 spiro atoms. The molecule has 0 saturated heterocycles. The Labute approximate surface area is 104 Å². The molecule has 0 atom stereocenters. The number of hydrogen-bond acceptors (Lipinski definition) is 3. The van der Waals surface area contributed by atoms with Gasteiger partial charge in [0.2, 0.25) is 5.96 Å². The lowest BCUT2D eigenvalue weighted by atomic mass is 10.1. The Bertz CT molecular complexity index is 601. The minimum absolute atomic E-state index is 0.154. The SMILES string of the molecule is N=C(N)NC(=N)N(N)c1cccc2ccccc12. The van der Waals surface area contributed by atoms with Crippen LogP contribution < -0.4 is 21.9 Å². The van der Waals surface area contributed by atoms with Crippen LogP contribution in [0.15, 0.2) is 42.5 Å². The third-order valence-corrected chi connectivity index (χ3v) is 2.52. The van der Waals surface area contributed by atoms with Crippen molar-refractivity contribution in [2.75, 3.05) is 5.01 Å². The molecule has 6 heteroatoms. The molecule has 7 N–H and O–H groups in total. The van der Waals surface area contributed by atoms with Gasteiger partial charge in [0.05, 0.1) is 5.69 Å². The molecule has 0 aliphatic carbocycles. The quantitative estimate of drug-likeness (QED) is 0.221. The van der Waals surface area contributed by atoms with Crippen LogP contribution in [-0.4, -0.2) is 11.9 Å². The minimum Gasteiger partial charge on any atom is -0.370 e. The first kappa shape index (κ1) is 11.9. The summed E-state index contributed by atoms with van der Waals surface area (Å²) in [7, 11) is 0. The average molecular weight is 242 g/mol. The van der Waals surface area contributed by atoms with Crippen LogP contribution in [0.3, 0.4) is 0 Å². The lowest BCUT2D eigenvalue weighted by Gasteiger charge is -2.21. The fourth-order valence-electron chi connectivity index (χ4n) is 1.73. The second-order valence-electron chi connectivity index (χ2n) is 3.76. The van der Waals surface area contributed by atoms with Crippen molar-refractivity contribution in [1.29, 1.82) is 10.8 Å². The summed E-state index contributed by atoms with van der Waals surface area (Å²) in [6.07, 6.45) is 0. The van der Waals surface area contributed by atoms with E-state index < -0.39 is 0 Å². The molecule has 0 heterocycles. The summed E-state index contributed by atoms with van der Waals surface area (Å²) in [6.45, 7) is 0. The second-order valence-corrected chi connectivity index (χ2v) is 3.76. The molecule has 0 aliphatic heterocycles. The number of rotatable bonds is 1. The zero-order valence-corrected chi connectivity index (χ0v) is 9.64. The molecule has 2 aromatic carbocycles. The number of nitrogens with zero attached hydrogens (tertiary/aromatic N) is 1. The maximum absolute atomic E-state index is 7.71. The third-order valence-electron chi connectivity index (χ3n) is 2.52. The van der Waals surface area contributed by atoms with Gasteiger partial charge < -0.3 is 5.73 Å². The molecule has 0 fully saturated rings. The summed E-state index contributed by atoms with van der Waals surface area (Å²) < 4.78 is 0. The Balaban J connectivity index is 2.41. The Morgan fingerprint density at radius 3 is 2.44 bits per heavy atom. The van der Waals surface area contributed by atoms with E-state index in [1.54, 1.807) is 6.07 Å². The van der Waals surface area contributed by atoms with Crippen LogP contribution >= 0.6 is 0 Å². The van der Waals surface area contributed by atoms with Gasteiger partial charge in [0.1, 0.15) is 0 Å². The van der Waals surface area contributed by atoms with E-state index in [1.165, 1.54) is 0 Å². The fourth-order valence-corrected chi connectivity index (χ4v) is 1.73. The van der Waals surface area contributed by atoms with Gasteiger partial charge in [-0.1, -0.05) is 36.4 Å². The van der Waals surface area contributed by atoms with Crippen molar-refractivity contribution in [3.8, 4) is 0 Å². The van der Waals surface area contributed by atoms with Crippen LogP contribution in [0, 0.1) is 10.8 Å². The number of anilines is 1. The number of hydrogen-bond donors (Lipinski definition) is 5. The van der Waals surface area contributed by atoms with E-state index in [4.69, 9.17) is 22.4 Å². The molecule has 0 aliphatic rings. The molecule has 0 aromatic heterocycles. The summed E-state index contributed by atoms with van der Waals surface area (Å²) >= 11 is 0. The van der Waals surface area contributed by atoms with E-state index in [9.17, 15) is 0 Å². The molecule has 0 radical (unpaired) electrons. The van der Waals surface area contributed by atoms with E-state index in [1.807, 2.05) is 36.4 Å². The molecule has 2 rings (SSSR count). The van der Waals surface area contributed by atoms with Crippen LogP contribution in [0.1, 0.15) is 0 Å². The average Bonchev–Trinajstić information content (AvgIpc) is 2.36. The first-order valence-electron chi connectivity index (χ1n) is 5.32. The smallest absolute Gasteiger partial charge is 0.217 e. The van der Waals surface area contributed by atoms with Gasteiger partial charge >= 0.3 is 0 Å². The molecule has 92 valence electrons. The van der Waals surface area contributed by atoms with Crippen LogP contribution in [0.5, 0.6) is 0 Å². The predicted octanol–water partition coefficient (Wildman–Crippen LogP) is 0.938. The molecule has 6 nitrogen and oxygen atoms in total. The Morgan fingerprint density at radius 2 is 1.72 bits per heavy atom. The maximum Gasteiger partial charge on any atom is 0.217 e. The number of hydrazine groups is 1. The van der Waals surface area contributed by atoms with Crippen LogP contribution in [0.2, 0.25) is 0 Å². The normalized spacial score (nSPS) is 10.1. The van der Waals surface area contributed by atoms with E-state index in [0.717, 1.165) is 15.8 Å². The lowest BCUT2D eigenvalue weighted by Crippen LogP contribution is -2.49. The van der Waals surface area contributed by atoms with Gasteiger partial charge in [-0.2, -0.15) is 0 Å². The summed E-state index contributed by atoms with van der Waals surface area (Å²) in [5.41, 5.74) is 5.84. The molecular weight excluding hydrogens is 228 g/mol. The van der Waals surface area contributed by atoms with Gasteiger partial charge in [-0.15, -0.1) is 0 Å². The Morgan fingerprint density at radius 1 is 1.06 bits per heavy atom. The molecule has 0 unspecified atom stereocenters. The Hall–Kier alpha value is -2.60. The van der Waals surface area contributed by atoms with Crippen molar-refractivity contribution < 1.29 is 0 Å². The Kier molecular flexibility index (Phi) is 3.11. The van der Waals surface area contributed by atoms with Crippen molar-refractivity contribution in [2.24, 2.45) is 11.6 Å². The number of guanidine groups is 2. The highest BCUT2D eigenvalue weighted by Crippen LogP contribution is 2.24. The fraction of sp³-hybridized carbons (Fsp3) is 0. The van der Waals surface area contributed by atoms with Gasteiger partial charge in [-0.25, -0.2) is 10.9 Å². The predicted molar refractivity (Wildman–Crippen MR) is 73.4 cm³/mol. The highest BCUT2D eigenvalue weighted by molar-refractivity contribution is 6.07.